The number of carbonyl (C=O) groups excluding carboxylic acids is 1. The van der Waals surface area contributed by atoms with Crippen molar-refractivity contribution in [2.75, 3.05) is 18.4 Å². The van der Waals surface area contributed by atoms with Crippen molar-refractivity contribution in [1.82, 2.24) is 14.9 Å². The highest BCUT2D eigenvalue weighted by Gasteiger charge is 2.23. The van der Waals surface area contributed by atoms with Gasteiger partial charge in [-0.3, -0.25) is 4.79 Å². The Labute approximate surface area is 141 Å². The van der Waals surface area contributed by atoms with Crippen LogP contribution in [0.5, 0.6) is 0 Å². The van der Waals surface area contributed by atoms with Gasteiger partial charge in [-0.25, -0.2) is 14.4 Å². The number of halogens is 1. The molecule has 2 aromatic rings. The third-order valence-electron chi connectivity index (χ3n) is 4.39. The van der Waals surface area contributed by atoms with E-state index in [4.69, 9.17) is 0 Å². The fourth-order valence-corrected chi connectivity index (χ4v) is 3.11. The van der Waals surface area contributed by atoms with E-state index < -0.39 is 0 Å². The molecule has 1 saturated heterocycles. The molecule has 24 heavy (non-hydrogen) atoms. The van der Waals surface area contributed by atoms with Crippen molar-refractivity contribution >= 4 is 22.6 Å². The highest BCUT2D eigenvalue weighted by Crippen LogP contribution is 2.24. The number of amides is 1. The molecule has 0 spiro atoms. The normalized spacial score (nSPS) is 15.9. The van der Waals surface area contributed by atoms with E-state index in [9.17, 15) is 9.18 Å². The van der Waals surface area contributed by atoms with E-state index >= 15 is 0 Å². The number of para-hydroxylation sites is 1. The molecule has 0 atom stereocenters. The summed E-state index contributed by atoms with van der Waals surface area (Å²) in [6.07, 6.45) is 3.72. The van der Waals surface area contributed by atoms with Gasteiger partial charge in [0.15, 0.2) is 0 Å². The first-order chi connectivity index (χ1) is 11.5. The van der Waals surface area contributed by atoms with E-state index in [1.165, 1.54) is 12.4 Å². The number of likely N-dealkylation sites (tertiary alicyclic amines) is 1. The minimum absolute atomic E-state index is 0.231. The summed E-state index contributed by atoms with van der Waals surface area (Å²) in [5.74, 6) is 0.937. The van der Waals surface area contributed by atoms with Crippen LogP contribution in [0.2, 0.25) is 0 Å². The molecule has 0 unspecified atom stereocenters. The molecule has 1 aliphatic rings. The van der Waals surface area contributed by atoms with Gasteiger partial charge in [0.05, 0.1) is 0 Å². The maximum Gasteiger partial charge on any atom is 0.222 e. The summed E-state index contributed by atoms with van der Waals surface area (Å²) in [7, 11) is 0. The first-order valence-corrected chi connectivity index (χ1v) is 8.48. The Hall–Kier alpha value is -2.24. The number of rotatable bonds is 4. The van der Waals surface area contributed by atoms with E-state index in [-0.39, 0.29) is 17.8 Å². The summed E-state index contributed by atoms with van der Waals surface area (Å²) in [4.78, 5) is 22.4. The Balaban J connectivity index is 1.65. The summed E-state index contributed by atoms with van der Waals surface area (Å²) < 4.78 is 13.8. The van der Waals surface area contributed by atoms with Gasteiger partial charge in [0.1, 0.15) is 23.5 Å². The first-order valence-electron chi connectivity index (χ1n) is 8.48. The number of hydrogen-bond donors (Lipinski definition) is 1. The summed E-state index contributed by atoms with van der Waals surface area (Å²) in [5.41, 5.74) is 0.333. The quantitative estimate of drug-likeness (QED) is 0.935. The average molecular weight is 330 g/mol. The van der Waals surface area contributed by atoms with Crippen LogP contribution in [0.15, 0.2) is 24.5 Å². The Morgan fingerprint density at radius 2 is 2.08 bits per heavy atom. The third-order valence-corrected chi connectivity index (χ3v) is 4.39. The summed E-state index contributed by atoms with van der Waals surface area (Å²) in [6.45, 7) is 5.62. The van der Waals surface area contributed by atoms with Gasteiger partial charge >= 0.3 is 0 Å². The van der Waals surface area contributed by atoms with Gasteiger partial charge in [0.25, 0.3) is 0 Å². The second-order valence-corrected chi connectivity index (χ2v) is 6.76. The number of aromatic nitrogens is 2. The predicted molar refractivity (Wildman–Crippen MR) is 92.2 cm³/mol. The lowest BCUT2D eigenvalue weighted by Gasteiger charge is -2.33. The van der Waals surface area contributed by atoms with Crippen molar-refractivity contribution in [3.63, 3.8) is 0 Å². The predicted octanol–water partition coefficient (Wildman–Crippen LogP) is 3.22. The summed E-state index contributed by atoms with van der Waals surface area (Å²) in [5, 5.41) is 4.09. The number of fused-ring (bicyclic) bond motifs is 1. The van der Waals surface area contributed by atoms with E-state index in [1.807, 2.05) is 11.0 Å². The minimum Gasteiger partial charge on any atom is -0.367 e. The molecule has 1 aliphatic heterocycles. The molecule has 128 valence electrons. The van der Waals surface area contributed by atoms with Gasteiger partial charge < -0.3 is 10.2 Å². The van der Waals surface area contributed by atoms with Crippen LogP contribution in [0.1, 0.15) is 33.1 Å². The molecule has 0 saturated carbocycles. The second kappa shape index (κ2) is 7.11. The van der Waals surface area contributed by atoms with Crippen molar-refractivity contribution in [1.29, 1.82) is 0 Å². The number of anilines is 1. The van der Waals surface area contributed by atoms with E-state index in [0.29, 0.717) is 29.1 Å². The molecular formula is C18H23FN4O. The number of carbonyl (C=O) groups is 1. The zero-order valence-corrected chi connectivity index (χ0v) is 14.1. The molecule has 1 N–H and O–H groups in total. The number of nitrogens with zero attached hydrogens (tertiary/aromatic N) is 3. The Morgan fingerprint density at radius 1 is 1.33 bits per heavy atom. The third kappa shape index (κ3) is 3.63. The summed E-state index contributed by atoms with van der Waals surface area (Å²) >= 11 is 0. The van der Waals surface area contributed by atoms with E-state index in [2.05, 4.69) is 29.1 Å². The maximum absolute atomic E-state index is 13.8. The van der Waals surface area contributed by atoms with Crippen molar-refractivity contribution in [2.24, 2.45) is 5.92 Å². The molecule has 0 bridgehead atoms. The van der Waals surface area contributed by atoms with Crippen LogP contribution >= 0.6 is 0 Å². The number of benzene rings is 1. The lowest BCUT2D eigenvalue weighted by Crippen LogP contribution is -2.42. The zero-order valence-electron chi connectivity index (χ0n) is 14.1. The standard InChI is InChI=1S/C18H23FN4O/c1-12(2)10-16(24)23-8-6-13(7-9-23)22-18-14-4-3-5-15(19)17(14)20-11-21-18/h3-5,11-13H,6-10H2,1-2H3,(H,20,21,22). The van der Waals surface area contributed by atoms with Crippen LogP contribution in [-0.2, 0) is 4.79 Å². The van der Waals surface area contributed by atoms with Crippen LogP contribution < -0.4 is 5.32 Å². The topological polar surface area (TPSA) is 58.1 Å². The number of nitrogens with one attached hydrogen (secondary N) is 1. The fraction of sp³-hybridized carbons (Fsp3) is 0.500. The average Bonchev–Trinajstić information content (AvgIpc) is 2.56. The van der Waals surface area contributed by atoms with Gasteiger partial charge in [-0.1, -0.05) is 19.9 Å². The molecule has 0 radical (unpaired) electrons. The molecular weight excluding hydrogens is 307 g/mol. The van der Waals surface area contributed by atoms with Crippen molar-refractivity contribution < 1.29 is 9.18 Å². The molecule has 6 heteroatoms. The first kappa shape index (κ1) is 16.6. The van der Waals surface area contributed by atoms with Crippen molar-refractivity contribution in [3.05, 3.63) is 30.3 Å². The molecule has 5 nitrogen and oxygen atoms in total. The monoisotopic (exact) mass is 330 g/mol. The molecule has 1 aromatic heterocycles. The van der Waals surface area contributed by atoms with Crippen molar-refractivity contribution in [2.45, 2.75) is 39.2 Å². The number of piperidine rings is 1. The van der Waals surface area contributed by atoms with Gasteiger partial charge in [-0.2, -0.15) is 0 Å². The maximum atomic E-state index is 13.8. The molecule has 0 aliphatic carbocycles. The zero-order chi connectivity index (χ0) is 17.1. The van der Waals surface area contributed by atoms with Crippen LogP contribution in [0.4, 0.5) is 10.2 Å². The largest absolute Gasteiger partial charge is 0.367 e. The Morgan fingerprint density at radius 3 is 2.79 bits per heavy atom. The molecule has 1 aromatic carbocycles. The Bertz CT molecular complexity index is 726. The second-order valence-electron chi connectivity index (χ2n) is 6.76. The molecule has 1 amide bonds. The van der Waals surface area contributed by atoms with Gasteiger partial charge in [-0.15, -0.1) is 0 Å². The molecule has 3 rings (SSSR count). The fourth-order valence-electron chi connectivity index (χ4n) is 3.11. The van der Waals surface area contributed by atoms with E-state index in [0.717, 1.165) is 25.9 Å². The minimum atomic E-state index is -0.341. The lowest BCUT2D eigenvalue weighted by atomic mass is 10.0. The van der Waals surface area contributed by atoms with Crippen LogP contribution in [0.3, 0.4) is 0 Å². The highest BCUT2D eigenvalue weighted by atomic mass is 19.1. The van der Waals surface area contributed by atoms with E-state index in [1.54, 1.807) is 6.07 Å². The van der Waals surface area contributed by atoms with Crippen LogP contribution in [-0.4, -0.2) is 39.9 Å². The van der Waals surface area contributed by atoms with Crippen LogP contribution in [0.25, 0.3) is 10.9 Å². The van der Waals surface area contributed by atoms with Gasteiger partial charge in [0.2, 0.25) is 5.91 Å². The lowest BCUT2D eigenvalue weighted by molar-refractivity contribution is -0.132. The highest BCUT2D eigenvalue weighted by molar-refractivity contribution is 5.89. The molecule has 1 fully saturated rings. The number of hydrogen-bond acceptors (Lipinski definition) is 4. The van der Waals surface area contributed by atoms with Crippen molar-refractivity contribution in [3.8, 4) is 0 Å². The van der Waals surface area contributed by atoms with Crippen LogP contribution in [0, 0.1) is 11.7 Å². The van der Waals surface area contributed by atoms with Gasteiger partial charge in [-0.05, 0) is 30.9 Å². The smallest absolute Gasteiger partial charge is 0.222 e. The molecule has 2 heterocycles. The summed E-state index contributed by atoms with van der Waals surface area (Å²) in [6, 6.07) is 5.12. The van der Waals surface area contributed by atoms with Gasteiger partial charge in [0, 0.05) is 30.9 Å². The SMILES string of the molecule is CC(C)CC(=O)N1CCC(Nc2ncnc3c(F)cccc23)CC1. The Kier molecular flexibility index (Phi) is 4.92.